The Balaban J connectivity index is 0.000000279. The average Bonchev–Trinajstić information content (AvgIpc) is 3.74. The molecule has 0 saturated heterocycles. The summed E-state index contributed by atoms with van der Waals surface area (Å²) in [6.45, 7) is 0. The van der Waals surface area contributed by atoms with Crippen LogP contribution in [0, 0.1) is 0 Å². The number of para-hydroxylation sites is 3. The summed E-state index contributed by atoms with van der Waals surface area (Å²) < 4.78 is 2.38. The molecular weight excluding hydrogens is 1710 g/mol. The van der Waals surface area contributed by atoms with Gasteiger partial charge in [-0.05, 0) is 35.2 Å². The Hall–Kier alpha value is 5.20. The van der Waals surface area contributed by atoms with Gasteiger partial charge in [0.2, 0.25) is 0 Å². The Bertz CT molecular complexity index is 4740. The molecule has 1 heterocycles. The molecule has 44 heteroatoms. The number of hydrogen-bond donors (Lipinski definition) is 1. The summed E-state index contributed by atoms with van der Waals surface area (Å²) in [4.78, 5) is 0. The molecule has 394 valence electrons. The molecule has 6 rings (SSSR count). The smallest absolute Gasteiger partial charge is 0.0541 e. The van der Waals surface area contributed by atoms with Gasteiger partial charge in [0.1, 0.15) is 0 Å². The van der Waals surface area contributed by atoms with Gasteiger partial charge in [0.25, 0.3) is 0 Å². The number of nitrogens with zero attached hydrogens (tertiary/aromatic N) is 1. The van der Waals surface area contributed by atoms with Crippen LogP contribution >= 0.6 is 0 Å². The van der Waals surface area contributed by atoms with Crippen molar-refractivity contribution in [2.45, 2.75) is 0 Å². The number of rotatable bonds is 2. The van der Waals surface area contributed by atoms with Gasteiger partial charge >= 0.3 is 0 Å². The third-order valence-corrected chi connectivity index (χ3v) is 93.7. The average molecular weight is 1730 g/mol. The standard InChI is InChI=1S/C28H20N2.S42/c29-25-15-4-1-9-21(25)19-12-7-14-22-20(19)13-8-18-28(22)30-26-16-5-2-10-23(26)24-11-3-6-17-27(24)30;1-3-5-7-9-11-13-15-17-19-21-23-25-27-29-31-33-35-37-39-41-42-40-38-36-34-32-30-28-26-24-22-20-18-16-14-12-10-8-6-4-2/h1-18H,29H2;. The number of aromatic nitrogens is 1. The highest BCUT2D eigenvalue weighted by Crippen LogP contribution is 2.38. The van der Waals surface area contributed by atoms with E-state index >= 15 is 0 Å². The molecule has 0 saturated carbocycles. The Labute approximate surface area is 539 Å². The first kappa shape index (κ1) is 68.0. The van der Waals surface area contributed by atoms with Crippen LogP contribution in [-0.2, 0) is 378 Å². The van der Waals surface area contributed by atoms with Gasteiger partial charge in [-0.2, -0.15) is 0 Å². The fourth-order valence-corrected chi connectivity index (χ4v) is 109. The summed E-state index contributed by atoms with van der Waals surface area (Å²) in [6, 6.07) is 38.4. The fraction of sp³-hybridized carbons (Fsp3) is 0. The van der Waals surface area contributed by atoms with Gasteiger partial charge in [-0.3, -0.25) is 0 Å². The van der Waals surface area contributed by atoms with Crippen LogP contribution in [0.5, 0.6) is 0 Å². The minimum Gasteiger partial charge on any atom is -0.398 e. The largest absolute Gasteiger partial charge is 0.398 e. The first-order valence-corrected chi connectivity index (χ1v) is 71.7. The first-order valence-electron chi connectivity index (χ1n) is 17.0. The minimum atomic E-state index is 0.798. The second kappa shape index (κ2) is 46.6. The molecule has 0 fully saturated rings. The second-order valence-corrected chi connectivity index (χ2v) is 81.1. The van der Waals surface area contributed by atoms with Crippen molar-refractivity contribution >= 4 is 416 Å². The molecule has 0 amide bonds. The van der Waals surface area contributed by atoms with Crippen LogP contribution in [0.15, 0.2) is 109 Å². The van der Waals surface area contributed by atoms with E-state index in [9.17, 15) is 0 Å². The summed E-state index contributed by atoms with van der Waals surface area (Å²) >= 11 is 9.61. The summed E-state index contributed by atoms with van der Waals surface area (Å²) in [6.07, 6.45) is 0. The van der Waals surface area contributed by atoms with E-state index in [0.717, 1.165) is 16.8 Å². The lowest BCUT2D eigenvalue weighted by Crippen LogP contribution is -1.96. The normalized spacial score (nSPS) is 9.28. The fourth-order valence-electron chi connectivity index (χ4n) is 5.08. The number of nitrogens with two attached hydrogens (primary N) is 1. The Morgan fingerprint density at radius 3 is 0.861 bits per heavy atom. The van der Waals surface area contributed by atoms with Crippen molar-refractivity contribution in [2.24, 2.45) is 0 Å². The molecule has 0 aliphatic rings. The summed E-state index contributed by atoms with van der Waals surface area (Å²) in [5, 5.41) is 4.96. The number of benzene rings is 5. The van der Waals surface area contributed by atoms with E-state index in [0.29, 0.717) is 0 Å². The molecule has 5 aromatic carbocycles. The van der Waals surface area contributed by atoms with Crippen molar-refractivity contribution in [2.75, 3.05) is 5.73 Å². The quantitative estimate of drug-likeness (QED) is 0.188. The van der Waals surface area contributed by atoms with Gasteiger partial charge in [-0.1, -0.05) is 84.9 Å². The Morgan fingerprint density at radius 1 is 0.250 bits per heavy atom. The van der Waals surface area contributed by atoms with Gasteiger partial charge in [-0.25, -0.2) is 0 Å². The topological polar surface area (TPSA) is 30.9 Å². The van der Waals surface area contributed by atoms with Crippen LogP contribution in [0.3, 0.4) is 0 Å². The minimum absolute atomic E-state index is 0.798. The predicted octanol–water partition coefficient (Wildman–Crippen LogP) is 7.09. The van der Waals surface area contributed by atoms with Crippen molar-refractivity contribution in [1.82, 2.24) is 4.57 Å². The molecule has 0 aliphatic carbocycles. The Morgan fingerprint density at radius 2 is 0.514 bits per heavy atom. The lowest BCUT2D eigenvalue weighted by atomic mass is 9.96. The van der Waals surface area contributed by atoms with E-state index < -0.39 is 0 Å². The highest BCUT2D eigenvalue weighted by molar-refractivity contribution is 8.81. The zero-order valence-electron chi connectivity index (χ0n) is 33.6. The van der Waals surface area contributed by atoms with E-state index in [1.54, 1.807) is 107 Å². The maximum Gasteiger partial charge on any atom is 0.0541 e. The van der Waals surface area contributed by atoms with Crippen molar-refractivity contribution in [3.8, 4) is 16.8 Å². The molecule has 6 aromatic rings. The van der Waals surface area contributed by atoms with E-state index in [4.69, 9.17) is 28.1 Å². The maximum atomic E-state index is 6.32. The molecule has 0 unspecified atom stereocenters. The van der Waals surface area contributed by atoms with Crippen LogP contribution < -0.4 is 5.73 Å². The molecule has 72 heavy (non-hydrogen) atoms. The zero-order chi connectivity index (χ0) is 50.4. The number of nitrogen functional groups attached to an aromatic ring is 1. The summed E-state index contributed by atoms with van der Waals surface area (Å²) in [7, 11) is 71.1. The molecule has 0 atom stereocenters. The Kier molecular flexibility index (Phi) is 44.0. The van der Waals surface area contributed by atoms with Crippen molar-refractivity contribution in [3.05, 3.63) is 109 Å². The first-order chi connectivity index (χ1) is 35.7. The molecule has 0 aliphatic heterocycles. The van der Waals surface area contributed by atoms with E-state index in [-0.39, 0.29) is 0 Å². The van der Waals surface area contributed by atoms with Crippen LogP contribution in [0.25, 0.3) is 49.4 Å². The van der Waals surface area contributed by atoms with Gasteiger partial charge in [-0.15, -0.1) is 0 Å². The summed E-state index contributed by atoms with van der Waals surface area (Å²) in [5.41, 5.74) is 13.0. The van der Waals surface area contributed by atoms with E-state index in [1.807, 2.05) is 249 Å². The number of anilines is 1. The van der Waals surface area contributed by atoms with Crippen molar-refractivity contribution < 1.29 is 0 Å². The third-order valence-electron chi connectivity index (χ3n) is 7.05. The number of fused-ring (bicyclic) bond motifs is 4. The second-order valence-electron chi connectivity index (χ2n) is 10.4. The monoisotopic (exact) mass is 1730 g/mol. The van der Waals surface area contributed by atoms with Gasteiger partial charge in [0, 0.05) is 405 Å². The van der Waals surface area contributed by atoms with Gasteiger partial charge in [0.15, 0.2) is 0 Å². The van der Waals surface area contributed by atoms with Crippen molar-refractivity contribution in [3.63, 3.8) is 0 Å². The SMILES string of the molecule is Nc1ccccc1-c1cccc2c(-n3c4ccccc4c4ccccc43)cccc12.S=S=S=S=S=S=S=S=S=S=S=S=S=S=S=S=S=S=S=S=S=S=S=S=S=S=S=S=S=S=S=S=S=S=S=S=S=S=S=S=S=S. The molecule has 0 spiro atoms. The third kappa shape index (κ3) is 28.2. The predicted molar refractivity (Wildman–Crippen MR) is 437 cm³/mol. The van der Waals surface area contributed by atoms with Gasteiger partial charge < -0.3 is 10.3 Å². The van der Waals surface area contributed by atoms with Crippen molar-refractivity contribution in [1.29, 1.82) is 0 Å². The molecule has 0 bridgehead atoms. The summed E-state index contributed by atoms with van der Waals surface area (Å²) in [5.74, 6) is 0. The molecule has 2 N–H and O–H groups in total. The molecular formula is C28H20N2S42. The molecule has 2 nitrogen and oxygen atoms in total. The van der Waals surface area contributed by atoms with E-state index in [2.05, 4.69) is 95.6 Å². The maximum absolute atomic E-state index is 6.32. The highest BCUT2D eigenvalue weighted by atomic mass is 33.5. The number of hydrogen-bond acceptors (Lipinski definition) is 3. The molecule has 0 radical (unpaired) electrons. The van der Waals surface area contributed by atoms with Crippen LogP contribution in [0.1, 0.15) is 0 Å². The van der Waals surface area contributed by atoms with E-state index in [1.165, 1.54) is 56.0 Å². The van der Waals surface area contributed by atoms with Gasteiger partial charge in [0.05, 0.1) is 16.7 Å². The molecule has 1 aromatic heterocycles. The lowest BCUT2D eigenvalue weighted by Gasteiger charge is -2.15. The van der Waals surface area contributed by atoms with Crippen LogP contribution in [-0.4, -0.2) is 4.57 Å². The van der Waals surface area contributed by atoms with Crippen LogP contribution in [0.2, 0.25) is 0 Å². The van der Waals surface area contributed by atoms with Crippen LogP contribution in [0.4, 0.5) is 5.69 Å². The zero-order valence-corrected chi connectivity index (χ0v) is 67.9. The highest BCUT2D eigenvalue weighted by Gasteiger charge is 2.15. The lowest BCUT2D eigenvalue weighted by molar-refractivity contribution is 1.20.